The van der Waals surface area contributed by atoms with E-state index in [-0.39, 0.29) is 18.6 Å². The van der Waals surface area contributed by atoms with Crippen LogP contribution in [0.3, 0.4) is 0 Å². The van der Waals surface area contributed by atoms with Gasteiger partial charge in [0.15, 0.2) is 0 Å². The third-order valence-electron chi connectivity index (χ3n) is 2.46. The molecule has 0 rings (SSSR count). The summed E-state index contributed by atoms with van der Waals surface area (Å²) in [7, 11) is 0. The first-order valence-electron chi connectivity index (χ1n) is 6.19. The lowest BCUT2D eigenvalue weighted by Crippen LogP contribution is -2.46. The Hall–Kier alpha value is -0.330. The minimum Gasteiger partial charge on any atom is -0.395 e. The van der Waals surface area contributed by atoms with Crippen LogP contribution in [0.4, 0.5) is 13.2 Å². The van der Waals surface area contributed by atoms with Crippen molar-refractivity contribution >= 4 is 0 Å². The van der Waals surface area contributed by atoms with Crippen molar-refractivity contribution < 1.29 is 18.3 Å². The van der Waals surface area contributed by atoms with Crippen molar-refractivity contribution in [1.29, 1.82) is 0 Å². The van der Waals surface area contributed by atoms with E-state index in [1.165, 1.54) is 4.90 Å². The van der Waals surface area contributed by atoms with Crippen LogP contribution in [0.1, 0.15) is 27.7 Å². The highest BCUT2D eigenvalue weighted by atomic mass is 19.4. The minimum absolute atomic E-state index is 0.0462. The number of aliphatic hydroxyl groups excluding tert-OH is 1. The molecule has 0 unspecified atom stereocenters. The molecule has 0 aromatic heterocycles. The molecule has 0 aliphatic heterocycles. The number of alkyl halides is 3. The molecule has 0 heterocycles. The number of nitrogens with zero attached hydrogens (tertiary/aromatic N) is 1. The summed E-state index contributed by atoms with van der Waals surface area (Å²) in [6, 6.07) is 0.304. The van der Waals surface area contributed by atoms with Gasteiger partial charge in [0.1, 0.15) is 0 Å². The van der Waals surface area contributed by atoms with E-state index in [0.717, 1.165) is 0 Å². The maximum Gasteiger partial charge on any atom is 0.401 e. The highest BCUT2D eigenvalue weighted by Crippen LogP contribution is 2.21. The number of hydrogen-bond acceptors (Lipinski definition) is 3. The van der Waals surface area contributed by atoms with Gasteiger partial charge in [-0.2, -0.15) is 13.2 Å². The molecule has 0 atom stereocenters. The number of hydrogen-bond donors (Lipinski definition) is 2. The Morgan fingerprint density at radius 1 is 1.17 bits per heavy atom. The molecule has 0 radical (unpaired) electrons. The Bertz CT molecular complexity index is 230. The van der Waals surface area contributed by atoms with Gasteiger partial charge in [-0.3, -0.25) is 4.90 Å². The fraction of sp³-hybridized carbons (Fsp3) is 1.00. The monoisotopic (exact) mass is 270 g/mol. The van der Waals surface area contributed by atoms with Crippen molar-refractivity contribution in [1.82, 2.24) is 10.2 Å². The molecule has 0 amide bonds. The van der Waals surface area contributed by atoms with Crippen molar-refractivity contribution in [2.45, 2.75) is 39.9 Å². The lowest BCUT2D eigenvalue weighted by molar-refractivity contribution is -0.149. The normalized spacial score (nSPS) is 13.7. The Balaban J connectivity index is 4.36. The van der Waals surface area contributed by atoms with E-state index in [1.54, 1.807) is 0 Å². The topological polar surface area (TPSA) is 35.5 Å². The quantitative estimate of drug-likeness (QED) is 0.707. The molecule has 0 aromatic carbocycles. The second-order valence-corrected chi connectivity index (χ2v) is 5.75. The Kier molecular flexibility index (Phi) is 7.17. The molecule has 0 aliphatic rings. The van der Waals surface area contributed by atoms with E-state index in [1.807, 2.05) is 27.7 Å². The second kappa shape index (κ2) is 7.31. The van der Waals surface area contributed by atoms with Crippen molar-refractivity contribution in [2.24, 2.45) is 5.41 Å². The summed E-state index contributed by atoms with van der Waals surface area (Å²) in [5.74, 6) is 0. The molecule has 0 bridgehead atoms. The average Bonchev–Trinajstić information content (AvgIpc) is 2.12. The van der Waals surface area contributed by atoms with Gasteiger partial charge < -0.3 is 10.4 Å². The van der Waals surface area contributed by atoms with Crippen molar-refractivity contribution in [3.05, 3.63) is 0 Å². The number of rotatable bonds is 8. The zero-order chi connectivity index (χ0) is 14.4. The van der Waals surface area contributed by atoms with Crippen LogP contribution in [-0.4, -0.2) is 55.0 Å². The molecule has 0 saturated carbocycles. The van der Waals surface area contributed by atoms with E-state index in [9.17, 15) is 13.2 Å². The van der Waals surface area contributed by atoms with Gasteiger partial charge in [-0.15, -0.1) is 0 Å². The maximum atomic E-state index is 12.4. The lowest BCUT2D eigenvalue weighted by atomic mass is 9.92. The molecule has 0 fully saturated rings. The van der Waals surface area contributed by atoms with E-state index in [2.05, 4.69) is 5.32 Å². The highest BCUT2D eigenvalue weighted by molar-refractivity contribution is 4.78. The zero-order valence-electron chi connectivity index (χ0n) is 11.6. The van der Waals surface area contributed by atoms with Gasteiger partial charge in [0.25, 0.3) is 0 Å². The van der Waals surface area contributed by atoms with Crippen LogP contribution in [0.5, 0.6) is 0 Å². The standard InChI is InChI=1S/C12H25F3N2O/c1-10(2)16-7-11(3,4)8-17(5-6-18)9-12(13,14)15/h10,16,18H,5-9H2,1-4H3. The molecule has 0 saturated heterocycles. The molecule has 0 aromatic rings. The number of nitrogens with one attached hydrogen (secondary N) is 1. The van der Waals surface area contributed by atoms with Gasteiger partial charge in [-0.05, 0) is 5.41 Å². The summed E-state index contributed by atoms with van der Waals surface area (Å²) < 4.78 is 37.1. The Labute approximate surface area is 107 Å². The molecular formula is C12H25F3N2O. The number of halogens is 3. The Morgan fingerprint density at radius 3 is 2.11 bits per heavy atom. The second-order valence-electron chi connectivity index (χ2n) is 5.75. The fourth-order valence-corrected chi connectivity index (χ4v) is 1.75. The summed E-state index contributed by atoms with van der Waals surface area (Å²) in [5, 5.41) is 12.0. The van der Waals surface area contributed by atoms with Crippen LogP contribution in [-0.2, 0) is 0 Å². The summed E-state index contributed by atoms with van der Waals surface area (Å²) in [6.07, 6.45) is -4.23. The summed E-state index contributed by atoms with van der Waals surface area (Å²) in [4.78, 5) is 1.25. The Morgan fingerprint density at radius 2 is 1.72 bits per heavy atom. The largest absolute Gasteiger partial charge is 0.401 e. The van der Waals surface area contributed by atoms with Gasteiger partial charge in [-0.25, -0.2) is 0 Å². The van der Waals surface area contributed by atoms with Crippen molar-refractivity contribution in [3.8, 4) is 0 Å². The third kappa shape index (κ3) is 9.67. The van der Waals surface area contributed by atoms with Gasteiger partial charge >= 0.3 is 6.18 Å². The first kappa shape index (κ1) is 17.7. The van der Waals surface area contributed by atoms with Crippen LogP contribution in [0.15, 0.2) is 0 Å². The van der Waals surface area contributed by atoms with Crippen LogP contribution < -0.4 is 5.32 Å². The van der Waals surface area contributed by atoms with E-state index in [4.69, 9.17) is 5.11 Å². The molecule has 3 nitrogen and oxygen atoms in total. The van der Waals surface area contributed by atoms with E-state index in [0.29, 0.717) is 19.1 Å². The van der Waals surface area contributed by atoms with Gasteiger partial charge in [0.2, 0.25) is 0 Å². The predicted octanol–water partition coefficient (Wildman–Crippen LogP) is 1.87. The number of aliphatic hydroxyl groups is 1. The van der Waals surface area contributed by atoms with Crippen LogP contribution >= 0.6 is 0 Å². The molecule has 6 heteroatoms. The molecule has 18 heavy (non-hydrogen) atoms. The maximum absolute atomic E-state index is 12.4. The zero-order valence-corrected chi connectivity index (χ0v) is 11.6. The van der Waals surface area contributed by atoms with E-state index < -0.39 is 12.7 Å². The average molecular weight is 270 g/mol. The van der Waals surface area contributed by atoms with Gasteiger partial charge in [0, 0.05) is 25.7 Å². The van der Waals surface area contributed by atoms with Gasteiger partial charge in [0.05, 0.1) is 13.2 Å². The van der Waals surface area contributed by atoms with Crippen molar-refractivity contribution in [3.63, 3.8) is 0 Å². The highest BCUT2D eigenvalue weighted by Gasteiger charge is 2.33. The van der Waals surface area contributed by atoms with Crippen LogP contribution in [0.25, 0.3) is 0 Å². The fourth-order valence-electron chi connectivity index (χ4n) is 1.75. The molecule has 2 N–H and O–H groups in total. The lowest BCUT2D eigenvalue weighted by Gasteiger charge is -2.33. The molecular weight excluding hydrogens is 245 g/mol. The van der Waals surface area contributed by atoms with E-state index >= 15 is 0 Å². The summed E-state index contributed by atoms with van der Waals surface area (Å²) in [6.45, 7) is 7.59. The predicted molar refractivity (Wildman–Crippen MR) is 66.5 cm³/mol. The first-order chi connectivity index (χ1) is 8.06. The first-order valence-corrected chi connectivity index (χ1v) is 6.19. The third-order valence-corrected chi connectivity index (χ3v) is 2.46. The SMILES string of the molecule is CC(C)NCC(C)(C)CN(CCO)CC(F)(F)F. The van der Waals surface area contributed by atoms with Gasteiger partial charge in [-0.1, -0.05) is 27.7 Å². The summed E-state index contributed by atoms with van der Waals surface area (Å²) in [5.41, 5.74) is -0.273. The molecule has 0 aliphatic carbocycles. The molecule has 110 valence electrons. The van der Waals surface area contributed by atoms with Crippen molar-refractivity contribution in [2.75, 3.05) is 32.8 Å². The minimum atomic E-state index is -4.23. The van der Waals surface area contributed by atoms with Crippen LogP contribution in [0, 0.1) is 5.41 Å². The smallest absolute Gasteiger partial charge is 0.395 e. The molecule has 0 spiro atoms. The summed E-state index contributed by atoms with van der Waals surface area (Å²) >= 11 is 0. The van der Waals surface area contributed by atoms with Crippen LogP contribution in [0.2, 0.25) is 0 Å².